The van der Waals surface area contributed by atoms with Gasteiger partial charge in [-0.05, 0) is 44.4 Å². The largest absolute Gasteiger partial charge is 0.376 e. The van der Waals surface area contributed by atoms with Crippen LogP contribution in [0, 0.1) is 25.2 Å². The summed E-state index contributed by atoms with van der Waals surface area (Å²) in [5.41, 5.74) is 3.20. The average molecular weight is 287 g/mol. The molecule has 1 atom stereocenters. The molecular weight excluding hydrogens is 266 g/mol. The second-order valence-corrected chi connectivity index (χ2v) is 5.32. The fourth-order valence-corrected chi connectivity index (χ4v) is 2.69. The monoisotopic (exact) mass is 287 g/mol. The molecule has 112 valence electrons. The highest BCUT2D eigenvalue weighted by Gasteiger charge is 2.19. The van der Waals surface area contributed by atoms with Crippen LogP contribution in [0.5, 0.6) is 0 Å². The number of nitriles is 1. The minimum absolute atomic E-state index is 0.120. The first-order valence-electron chi connectivity index (χ1n) is 7.19. The number of carbonyl (C=O) groups excluding carboxylic acids is 1. The first-order valence-corrected chi connectivity index (χ1v) is 7.19. The molecule has 0 spiro atoms. The minimum atomic E-state index is -0.360. The zero-order valence-corrected chi connectivity index (χ0v) is 12.8. The Morgan fingerprint density at radius 1 is 1.62 bits per heavy atom. The zero-order valence-electron chi connectivity index (χ0n) is 12.8. The number of aryl methyl sites for hydroxylation is 1. The normalized spacial score (nSPS) is 18.6. The fraction of sp³-hybridized carbons (Fsp3) is 0.500. The van der Waals surface area contributed by atoms with E-state index in [0.717, 1.165) is 42.9 Å². The minimum Gasteiger partial charge on any atom is -0.376 e. The third-order valence-corrected chi connectivity index (χ3v) is 3.91. The van der Waals surface area contributed by atoms with E-state index in [4.69, 9.17) is 10.00 Å². The van der Waals surface area contributed by atoms with Crippen LogP contribution in [0.15, 0.2) is 11.6 Å². The summed E-state index contributed by atoms with van der Waals surface area (Å²) in [7, 11) is 1.52. The maximum Gasteiger partial charge on any atom is 0.261 e. The Hall–Kier alpha value is -2.06. The van der Waals surface area contributed by atoms with Crippen molar-refractivity contribution in [3.05, 3.63) is 28.6 Å². The summed E-state index contributed by atoms with van der Waals surface area (Å²) >= 11 is 0. The van der Waals surface area contributed by atoms with Gasteiger partial charge in [-0.1, -0.05) is 0 Å². The molecule has 1 amide bonds. The summed E-state index contributed by atoms with van der Waals surface area (Å²) in [5, 5.41) is 11.6. The van der Waals surface area contributed by atoms with Crippen LogP contribution in [0.3, 0.4) is 0 Å². The van der Waals surface area contributed by atoms with Crippen molar-refractivity contribution in [2.75, 3.05) is 13.7 Å². The van der Waals surface area contributed by atoms with Crippen molar-refractivity contribution in [3.63, 3.8) is 0 Å². The number of hydrogen-bond donors (Lipinski definition) is 1. The summed E-state index contributed by atoms with van der Waals surface area (Å²) in [5.74, 6) is -0.360. The SMILES string of the molecule is CNC(=O)/C(C#N)=C/c1cc(C)n(CC2CCCO2)c1C. The number of nitrogens with zero attached hydrogens (tertiary/aromatic N) is 2. The lowest BCUT2D eigenvalue weighted by Gasteiger charge is -2.14. The van der Waals surface area contributed by atoms with Gasteiger partial charge < -0.3 is 14.6 Å². The topological polar surface area (TPSA) is 67.0 Å². The van der Waals surface area contributed by atoms with Gasteiger partial charge in [0.2, 0.25) is 0 Å². The molecule has 21 heavy (non-hydrogen) atoms. The Morgan fingerprint density at radius 3 is 2.95 bits per heavy atom. The molecule has 1 fully saturated rings. The average Bonchev–Trinajstić information content (AvgIpc) is 3.08. The maximum atomic E-state index is 11.6. The molecule has 0 saturated carbocycles. The van der Waals surface area contributed by atoms with Crippen LogP contribution in [0.1, 0.15) is 29.8 Å². The summed E-state index contributed by atoms with van der Waals surface area (Å²) in [4.78, 5) is 11.6. The van der Waals surface area contributed by atoms with Gasteiger partial charge >= 0.3 is 0 Å². The van der Waals surface area contributed by atoms with E-state index in [1.54, 1.807) is 6.08 Å². The predicted molar refractivity (Wildman–Crippen MR) is 80.5 cm³/mol. The third-order valence-electron chi connectivity index (χ3n) is 3.91. The molecule has 5 nitrogen and oxygen atoms in total. The Labute approximate surface area is 125 Å². The van der Waals surface area contributed by atoms with Crippen molar-refractivity contribution < 1.29 is 9.53 Å². The Kier molecular flexibility index (Phi) is 4.81. The number of amides is 1. The summed E-state index contributed by atoms with van der Waals surface area (Å²) < 4.78 is 7.88. The van der Waals surface area contributed by atoms with E-state index in [1.807, 2.05) is 26.0 Å². The van der Waals surface area contributed by atoms with Gasteiger partial charge in [0, 0.05) is 31.6 Å². The second kappa shape index (κ2) is 6.59. The highest BCUT2D eigenvalue weighted by molar-refractivity contribution is 6.01. The number of ether oxygens (including phenoxy) is 1. The zero-order chi connectivity index (χ0) is 15.4. The number of aromatic nitrogens is 1. The maximum absolute atomic E-state index is 11.6. The molecule has 2 heterocycles. The van der Waals surface area contributed by atoms with Gasteiger partial charge in [0.15, 0.2) is 0 Å². The first kappa shape index (κ1) is 15.3. The predicted octanol–water partition coefficient (Wildman–Crippen LogP) is 1.94. The molecule has 1 aromatic rings. The molecule has 0 aromatic carbocycles. The van der Waals surface area contributed by atoms with Gasteiger partial charge in [-0.15, -0.1) is 0 Å². The number of rotatable bonds is 4. The number of likely N-dealkylation sites (N-methyl/N-ethyl adjacent to an activating group) is 1. The van der Waals surface area contributed by atoms with E-state index in [2.05, 4.69) is 9.88 Å². The van der Waals surface area contributed by atoms with Crippen molar-refractivity contribution >= 4 is 12.0 Å². The van der Waals surface area contributed by atoms with Crippen LogP contribution >= 0.6 is 0 Å². The summed E-state index contributed by atoms with van der Waals surface area (Å²) in [6.45, 7) is 5.71. The van der Waals surface area contributed by atoms with Gasteiger partial charge in [-0.3, -0.25) is 4.79 Å². The van der Waals surface area contributed by atoms with Crippen LogP contribution < -0.4 is 5.32 Å². The van der Waals surface area contributed by atoms with Gasteiger partial charge in [-0.25, -0.2) is 0 Å². The number of carbonyl (C=O) groups is 1. The van der Waals surface area contributed by atoms with E-state index in [1.165, 1.54) is 7.05 Å². The van der Waals surface area contributed by atoms with Crippen LogP contribution in [0.4, 0.5) is 0 Å². The first-order chi connectivity index (χ1) is 10.1. The van der Waals surface area contributed by atoms with Gasteiger partial charge in [-0.2, -0.15) is 5.26 Å². The van der Waals surface area contributed by atoms with Crippen molar-refractivity contribution in [1.29, 1.82) is 5.26 Å². The summed E-state index contributed by atoms with van der Waals surface area (Å²) in [6.07, 6.45) is 4.12. The van der Waals surface area contributed by atoms with Crippen LogP contribution in [-0.2, 0) is 16.1 Å². The lowest BCUT2D eigenvalue weighted by atomic mass is 10.1. The molecule has 0 radical (unpaired) electrons. The van der Waals surface area contributed by atoms with Crippen molar-refractivity contribution in [2.45, 2.75) is 39.3 Å². The molecular formula is C16H21N3O2. The third kappa shape index (κ3) is 3.34. The molecule has 1 aliphatic heterocycles. The Balaban J connectivity index is 2.28. The van der Waals surface area contributed by atoms with Crippen molar-refractivity contribution in [3.8, 4) is 6.07 Å². The molecule has 5 heteroatoms. The van der Waals surface area contributed by atoms with Gasteiger partial charge in [0.05, 0.1) is 6.10 Å². The van der Waals surface area contributed by atoms with Gasteiger partial charge in [0.25, 0.3) is 5.91 Å². The lowest BCUT2D eigenvalue weighted by Crippen LogP contribution is -2.19. The van der Waals surface area contributed by atoms with Crippen molar-refractivity contribution in [1.82, 2.24) is 9.88 Å². The highest BCUT2D eigenvalue weighted by atomic mass is 16.5. The van der Waals surface area contributed by atoms with E-state index in [9.17, 15) is 4.79 Å². The Morgan fingerprint density at radius 2 is 2.38 bits per heavy atom. The van der Waals surface area contributed by atoms with Crippen LogP contribution in [-0.4, -0.2) is 30.2 Å². The van der Waals surface area contributed by atoms with E-state index >= 15 is 0 Å². The number of nitrogens with one attached hydrogen (secondary N) is 1. The molecule has 0 aliphatic carbocycles. The van der Waals surface area contributed by atoms with E-state index in [0.29, 0.717) is 0 Å². The molecule has 1 aromatic heterocycles. The fourth-order valence-electron chi connectivity index (χ4n) is 2.69. The van der Waals surface area contributed by atoms with Crippen LogP contribution in [0.2, 0.25) is 0 Å². The second-order valence-electron chi connectivity index (χ2n) is 5.32. The summed E-state index contributed by atoms with van der Waals surface area (Å²) in [6, 6.07) is 3.95. The van der Waals surface area contributed by atoms with Gasteiger partial charge in [0.1, 0.15) is 11.6 Å². The van der Waals surface area contributed by atoms with Crippen molar-refractivity contribution in [2.24, 2.45) is 0 Å². The molecule has 1 saturated heterocycles. The van der Waals surface area contributed by atoms with E-state index < -0.39 is 0 Å². The molecule has 1 aliphatic rings. The molecule has 0 bridgehead atoms. The molecule has 1 unspecified atom stereocenters. The smallest absolute Gasteiger partial charge is 0.261 e. The Bertz CT molecular complexity index is 602. The lowest BCUT2D eigenvalue weighted by molar-refractivity contribution is -0.116. The van der Waals surface area contributed by atoms with E-state index in [-0.39, 0.29) is 17.6 Å². The van der Waals surface area contributed by atoms with Crippen LogP contribution in [0.25, 0.3) is 6.08 Å². The molecule has 1 N–H and O–H groups in total. The molecule has 2 rings (SSSR count). The standard InChI is InChI=1S/C16H21N3O2/c1-11-7-13(8-14(9-17)16(20)18-3)12(2)19(11)10-15-5-4-6-21-15/h7-8,15H,4-6,10H2,1-3H3,(H,18,20)/b14-8+. The number of hydrogen-bond acceptors (Lipinski definition) is 3. The highest BCUT2D eigenvalue weighted by Crippen LogP contribution is 2.22. The quantitative estimate of drug-likeness (QED) is 0.679.